The maximum absolute atomic E-state index is 11.8. The third-order valence-corrected chi connectivity index (χ3v) is 4.66. The van der Waals surface area contributed by atoms with Gasteiger partial charge in [-0.2, -0.15) is 0 Å². The van der Waals surface area contributed by atoms with Crippen molar-refractivity contribution in [3.63, 3.8) is 0 Å². The second kappa shape index (κ2) is 7.05. The molecule has 4 heteroatoms. The largest absolute Gasteiger partial charge is 0.480 e. The molecule has 3 N–H and O–H groups in total. The first kappa shape index (κ1) is 16.0. The number of hydrogen-bond acceptors (Lipinski definition) is 3. The Kier molecular flexibility index (Phi) is 5.37. The highest BCUT2D eigenvalue weighted by atomic mass is 16.4. The third-order valence-electron chi connectivity index (χ3n) is 4.66. The van der Waals surface area contributed by atoms with Crippen LogP contribution in [0.3, 0.4) is 0 Å². The number of nitrogens with zero attached hydrogens (tertiary/aromatic N) is 1. The van der Waals surface area contributed by atoms with Gasteiger partial charge in [0.25, 0.3) is 0 Å². The molecule has 0 spiro atoms. The number of rotatable bonds is 5. The molecular formula is C17H26N2O2. The van der Waals surface area contributed by atoms with Gasteiger partial charge in [-0.1, -0.05) is 43.7 Å². The van der Waals surface area contributed by atoms with Crippen LogP contribution in [-0.4, -0.2) is 35.6 Å². The van der Waals surface area contributed by atoms with Crippen LogP contribution in [0.2, 0.25) is 0 Å². The van der Waals surface area contributed by atoms with Gasteiger partial charge in [0.05, 0.1) is 0 Å². The molecule has 0 bridgehead atoms. The molecule has 1 aromatic carbocycles. The maximum atomic E-state index is 11.8. The van der Waals surface area contributed by atoms with Crippen molar-refractivity contribution in [1.29, 1.82) is 0 Å². The lowest BCUT2D eigenvalue weighted by Gasteiger charge is -2.32. The van der Waals surface area contributed by atoms with Gasteiger partial charge in [0, 0.05) is 6.54 Å². The van der Waals surface area contributed by atoms with Crippen LogP contribution in [-0.2, 0) is 10.3 Å². The van der Waals surface area contributed by atoms with Gasteiger partial charge in [-0.05, 0) is 43.8 Å². The Balaban J connectivity index is 2.12. The number of carboxylic acid groups (broad SMARTS) is 1. The molecule has 21 heavy (non-hydrogen) atoms. The Labute approximate surface area is 126 Å². The fourth-order valence-electron chi connectivity index (χ4n) is 3.16. The van der Waals surface area contributed by atoms with Gasteiger partial charge in [0.15, 0.2) is 5.54 Å². The summed E-state index contributed by atoms with van der Waals surface area (Å²) in [6.45, 7) is 4.49. The summed E-state index contributed by atoms with van der Waals surface area (Å²) >= 11 is 0. The highest BCUT2D eigenvalue weighted by molar-refractivity contribution is 5.80. The average molecular weight is 290 g/mol. The number of carbonyl (C=O) groups is 1. The Morgan fingerprint density at radius 3 is 2.67 bits per heavy atom. The molecule has 0 aromatic heterocycles. The van der Waals surface area contributed by atoms with Gasteiger partial charge in [-0.25, -0.2) is 4.79 Å². The molecule has 4 nitrogen and oxygen atoms in total. The SMILES string of the molecule is CCC1CCCN(CC(N)(C(=O)O)c2ccccc2)CC1. The van der Waals surface area contributed by atoms with Crippen molar-refractivity contribution < 1.29 is 9.90 Å². The summed E-state index contributed by atoms with van der Waals surface area (Å²) in [7, 11) is 0. The van der Waals surface area contributed by atoms with E-state index in [2.05, 4.69) is 11.8 Å². The van der Waals surface area contributed by atoms with Crippen LogP contribution in [0.1, 0.15) is 38.2 Å². The highest BCUT2D eigenvalue weighted by Gasteiger charge is 2.38. The van der Waals surface area contributed by atoms with Crippen LogP contribution in [0.5, 0.6) is 0 Å². The van der Waals surface area contributed by atoms with Gasteiger partial charge in [0.1, 0.15) is 0 Å². The fourth-order valence-corrected chi connectivity index (χ4v) is 3.16. The van der Waals surface area contributed by atoms with E-state index in [1.807, 2.05) is 18.2 Å². The summed E-state index contributed by atoms with van der Waals surface area (Å²) in [6, 6.07) is 9.18. The average Bonchev–Trinajstić information content (AvgIpc) is 2.73. The maximum Gasteiger partial charge on any atom is 0.329 e. The van der Waals surface area contributed by atoms with Gasteiger partial charge < -0.3 is 15.7 Å². The first-order valence-electron chi connectivity index (χ1n) is 7.86. The second-order valence-corrected chi connectivity index (χ2v) is 6.12. The number of aliphatic carboxylic acids is 1. The monoisotopic (exact) mass is 290 g/mol. The van der Waals surface area contributed by atoms with E-state index in [1.165, 1.54) is 12.8 Å². The minimum Gasteiger partial charge on any atom is -0.480 e. The molecule has 1 fully saturated rings. The summed E-state index contributed by atoms with van der Waals surface area (Å²) in [4.78, 5) is 14.0. The van der Waals surface area contributed by atoms with Crippen molar-refractivity contribution in [2.75, 3.05) is 19.6 Å². The van der Waals surface area contributed by atoms with Gasteiger partial charge >= 0.3 is 5.97 Å². The van der Waals surface area contributed by atoms with Gasteiger partial charge in [0.2, 0.25) is 0 Å². The van der Waals surface area contributed by atoms with E-state index in [0.717, 1.165) is 31.8 Å². The number of carboxylic acids is 1. The molecule has 0 radical (unpaired) electrons. The van der Waals surface area contributed by atoms with Crippen molar-refractivity contribution in [3.8, 4) is 0 Å². The number of benzene rings is 1. The lowest BCUT2D eigenvalue weighted by Crippen LogP contribution is -2.53. The fraction of sp³-hybridized carbons (Fsp3) is 0.588. The van der Waals surface area contributed by atoms with Crippen molar-refractivity contribution >= 4 is 5.97 Å². The summed E-state index contributed by atoms with van der Waals surface area (Å²) in [5.74, 6) is -0.186. The molecule has 2 atom stereocenters. The predicted octanol–water partition coefficient (Wildman–Crippen LogP) is 2.44. The predicted molar refractivity (Wildman–Crippen MR) is 84.0 cm³/mol. The van der Waals surface area contributed by atoms with Crippen molar-refractivity contribution in [2.45, 2.75) is 38.1 Å². The summed E-state index contributed by atoms with van der Waals surface area (Å²) < 4.78 is 0. The molecule has 1 aliphatic heterocycles. The van der Waals surface area contributed by atoms with Crippen LogP contribution < -0.4 is 5.73 Å². The molecule has 0 saturated carbocycles. The molecule has 2 unspecified atom stereocenters. The normalized spacial score (nSPS) is 23.2. The van der Waals surface area contributed by atoms with E-state index in [-0.39, 0.29) is 0 Å². The quantitative estimate of drug-likeness (QED) is 0.874. The molecule has 0 amide bonds. The van der Waals surface area contributed by atoms with Crippen LogP contribution in [0.4, 0.5) is 0 Å². The van der Waals surface area contributed by atoms with Crippen molar-refractivity contribution in [3.05, 3.63) is 35.9 Å². The Bertz CT molecular complexity index is 463. The van der Waals surface area contributed by atoms with Crippen molar-refractivity contribution in [2.24, 2.45) is 11.7 Å². The van der Waals surface area contributed by atoms with Crippen LogP contribution >= 0.6 is 0 Å². The summed E-state index contributed by atoms with van der Waals surface area (Å²) in [5.41, 5.74) is 5.62. The van der Waals surface area contributed by atoms with Crippen LogP contribution in [0, 0.1) is 5.92 Å². The zero-order valence-corrected chi connectivity index (χ0v) is 12.8. The molecule has 1 aliphatic rings. The van der Waals surface area contributed by atoms with Crippen LogP contribution in [0.25, 0.3) is 0 Å². The van der Waals surface area contributed by atoms with Crippen LogP contribution in [0.15, 0.2) is 30.3 Å². The highest BCUT2D eigenvalue weighted by Crippen LogP contribution is 2.24. The van der Waals surface area contributed by atoms with E-state index in [4.69, 9.17) is 5.73 Å². The Morgan fingerprint density at radius 1 is 1.33 bits per heavy atom. The van der Waals surface area contributed by atoms with Gasteiger partial charge in [-0.15, -0.1) is 0 Å². The van der Waals surface area contributed by atoms with Gasteiger partial charge in [-0.3, -0.25) is 0 Å². The molecule has 1 aromatic rings. The minimum atomic E-state index is -1.33. The third kappa shape index (κ3) is 3.83. The van der Waals surface area contributed by atoms with E-state index in [1.54, 1.807) is 12.1 Å². The summed E-state index contributed by atoms with van der Waals surface area (Å²) in [6.07, 6.45) is 4.71. The molecule has 1 saturated heterocycles. The number of nitrogens with two attached hydrogens (primary N) is 1. The Hall–Kier alpha value is -1.39. The van der Waals surface area contributed by atoms with Crippen molar-refractivity contribution in [1.82, 2.24) is 4.90 Å². The minimum absolute atomic E-state index is 0.378. The van der Waals surface area contributed by atoms with E-state index >= 15 is 0 Å². The number of likely N-dealkylation sites (tertiary alicyclic amines) is 1. The lowest BCUT2D eigenvalue weighted by atomic mass is 9.90. The summed E-state index contributed by atoms with van der Waals surface area (Å²) in [5, 5.41) is 9.63. The van der Waals surface area contributed by atoms with E-state index in [0.29, 0.717) is 12.1 Å². The first-order valence-corrected chi connectivity index (χ1v) is 7.86. The smallest absolute Gasteiger partial charge is 0.329 e. The first-order chi connectivity index (χ1) is 10.1. The number of hydrogen-bond donors (Lipinski definition) is 2. The standard InChI is InChI=1S/C17H26N2O2/c1-2-14-7-6-11-19(12-10-14)13-17(18,16(20)21)15-8-4-3-5-9-15/h3-5,8-9,14H,2,6-7,10-13,18H2,1H3,(H,20,21). The molecular weight excluding hydrogens is 264 g/mol. The zero-order valence-electron chi connectivity index (χ0n) is 12.8. The van der Waals surface area contributed by atoms with E-state index in [9.17, 15) is 9.90 Å². The molecule has 0 aliphatic carbocycles. The topological polar surface area (TPSA) is 66.6 Å². The molecule has 116 valence electrons. The lowest BCUT2D eigenvalue weighted by molar-refractivity contribution is -0.144. The molecule has 1 heterocycles. The second-order valence-electron chi connectivity index (χ2n) is 6.12. The Morgan fingerprint density at radius 2 is 2.05 bits per heavy atom. The van der Waals surface area contributed by atoms with E-state index < -0.39 is 11.5 Å². The molecule has 2 rings (SSSR count). The zero-order chi connectivity index (χ0) is 15.3.